The molecule has 2 rings (SSSR count). The minimum absolute atomic E-state index is 0.133. The number of hydrogen-bond acceptors (Lipinski definition) is 7. The van der Waals surface area contributed by atoms with Gasteiger partial charge < -0.3 is 19.6 Å². The van der Waals surface area contributed by atoms with Gasteiger partial charge in [0.1, 0.15) is 5.60 Å². The number of carbonyl (C=O) groups is 4. The van der Waals surface area contributed by atoms with Crippen molar-refractivity contribution in [3.05, 3.63) is 35.4 Å². The summed E-state index contributed by atoms with van der Waals surface area (Å²) in [7, 11) is 1.32. The Kier molecular flexibility index (Phi) is 5.61. The van der Waals surface area contributed by atoms with Gasteiger partial charge in [0.2, 0.25) is 0 Å². The van der Waals surface area contributed by atoms with E-state index in [0.717, 1.165) is 0 Å². The van der Waals surface area contributed by atoms with Gasteiger partial charge in [-0.25, -0.2) is 9.59 Å². The monoisotopic (exact) mass is 364 g/mol. The average Bonchev–Trinajstić information content (AvgIpc) is 2.78. The highest BCUT2D eigenvalue weighted by atomic mass is 16.7. The van der Waals surface area contributed by atoms with Gasteiger partial charge in [-0.05, 0) is 32.9 Å². The maximum Gasteiger partial charge on any atom is 0.408 e. The van der Waals surface area contributed by atoms with Gasteiger partial charge in [0, 0.05) is 7.11 Å². The van der Waals surface area contributed by atoms with Gasteiger partial charge in [0.15, 0.2) is 6.04 Å². The number of hydrogen-bond donors (Lipinski definition) is 1. The second kappa shape index (κ2) is 7.52. The van der Waals surface area contributed by atoms with Crippen LogP contribution < -0.4 is 5.32 Å². The lowest BCUT2D eigenvalue weighted by Gasteiger charge is -2.23. The fraction of sp³-hybridized carbons (Fsp3) is 0.412. The fourth-order valence-corrected chi connectivity index (χ4v) is 2.19. The molecule has 0 saturated carbocycles. The van der Waals surface area contributed by atoms with E-state index >= 15 is 0 Å². The second-order valence-electron chi connectivity index (χ2n) is 6.51. The molecule has 0 spiro atoms. The number of ether oxygens (including phenoxy) is 2. The number of nitrogens with zero attached hydrogens (tertiary/aromatic N) is 1. The highest BCUT2D eigenvalue weighted by Gasteiger charge is 2.40. The van der Waals surface area contributed by atoms with Crippen molar-refractivity contribution < 1.29 is 33.5 Å². The standard InChI is InChI=1S/C17H20N2O7/c1-17(2,3)25-16(23)18-12(9-24-4)15(22)26-19-13(20)10-7-5-6-8-11(10)14(19)21/h5-8,12H,9H2,1-4H3,(H,18,23)/t12-/m0/s1. The number of benzene rings is 1. The summed E-state index contributed by atoms with van der Waals surface area (Å²) >= 11 is 0. The van der Waals surface area contributed by atoms with Crippen LogP contribution in [-0.2, 0) is 19.1 Å². The molecule has 0 unspecified atom stereocenters. The largest absolute Gasteiger partial charge is 0.444 e. The molecule has 140 valence electrons. The van der Waals surface area contributed by atoms with Crippen molar-refractivity contribution in [2.24, 2.45) is 0 Å². The Hall–Kier alpha value is -2.94. The van der Waals surface area contributed by atoms with Crippen LogP contribution in [0.15, 0.2) is 24.3 Å². The summed E-state index contributed by atoms with van der Waals surface area (Å²) < 4.78 is 9.94. The third kappa shape index (κ3) is 4.37. The van der Waals surface area contributed by atoms with E-state index in [1.165, 1.54) is 19.2 Å². The summed E-state index contributed by atoms with van der Waals surface area (Å²) in [6.07, 6.45) is -0.862. The van der Waals surface area contributed by atoms with Gasteiger partial charge in [-0.2, -0.15) is 0 Å². The normalized spacial score (nSPS) is 14.7. The van der Waals surface area contributed by atoms with E-state index in [0.29, 0.717) is 5.06 Å². The molecule has 1 aliphatic rings. The van der Waals surface area contributed by atoms with Crippen LogP contribution in [0.5, 0.6) is 0 Å². The van der Waals surface area contributed by atoms with E-state index in [4.69, 9.17) is 14.3 Å². The Balaban J connectivity index is 2.07. The number of rotatable bonds is 5. The molecule has 1 aromatic rings. The molecule has 9 nitrogen and oxygen atoms in total. The molecule has 1 atom stereocenters. The van der Waals surface area contributed by atoms with Crippen LogP contribution in [0.2, 0.25) is 0 Å². The summed E-state index contributed by atoms with van der Waals surface area (Å²) in [6.45, 7) is 4.75. The maximum atomic E-state index is 12.3. The van der Waals surface area contributed by atoms with E-state index in [2.05, 4.69) is 5.32 Å². The first kappa shape index (κ1) is 19.4. The molecule has 1 aliphatic heterocycles. The van der Waals surface area contributed by atoms with E-state index < -0.39 is 35.5 Å². The Bertz CT molecular complexity index is 704. The first-order valence-corrected chi connectivity index (χ1v) is 7.82. The zero-order chi connectivity index (χ0) is 19.5. The van der Waals surface area contributed by atoms with Crippen molar-refractivity contribution in [2.75, 3.05) is 13.7 Å². The van der Waals surface area contributed by atoms with Crippen LogP contribution in [0.3, 0.4) is 0 Å². The molecular weight excluding hydrogens is 344 g/mol. The SMILES string of the molecule is COC[C@H](NC(=O)OC(C)(C)C)C(=O)ON1C(=O)c2ccccc2C1=O. The van der Waals surface area contributed by atoms with E-state index in [9.17, 15) is 19.2 Å². The second-order valence-corrected chi connectivity index (χ2v) is 6.51. The lowest BCUT2D eigenvalue weighted by molar-refractivity contribution is -0.172. The van der Waals surface area contributed by atoms with Crippen LogP contribution in [0.25, 0.3) is 0 Å². The van der Waals surface area contributed by atoms with Gasteiger partial charge in [-0.15, -0.1) is 0 Å². The van der Waals surface area contributed by atoms with Gasteiger partial charge in [-0.1, -0.05) is 17.2 Å². The average molecular weight is 364 g/mol. The Morgan fingerprint density at radius 3 is 2.12 bits per heavy atom. The minimum Gasteiger partial charge on any atom is -0.444 e. The van der Waals surface area contributed by atoms with Crippen molar-refractivity contribution in [3.8, 4) is 0 Å². The van der Waals surface area contributed by atoms with Crippen molar-refractivity contribution in [2.45, 2.75) is 32.4 Å². The molecule has 0 aliphatic carbocycles. The third-order valence-electron chi connectivity index (χ3n) is 3.25. The number of imide groups is 1. The highest BCUT2D eigenvalue weighted by Crippen LogP contribution is 2.22. The fourth-order valence-electron chi connectivity index (χ4n) is 2.19. The van der Waals surface area contributed by atoms with Crippen molar-refractivity contribution in [1.82, 2.24) is 10.4 Å². The first-order valence-electron chi connectivity index (χ1n) is 7.82. The summed E-state index contributed by atoms with van der Waals surface area (Å²) in [6, 6.07) is 4.82. The minimum atomic E-state index is -1.26. The smallest absolute Gasteiger partial charge is 0.408 e. The quantitative estimate of drug-likeness (QED) is 0.783. The van der Waals surface area contributed by atoms with Gasteiger partial charge in [0.25, 0.3) is 11.8 Å². The highest BCUT2D eigenvalue weighted by molar-refractivity contribution is 6.20. The van der Waals surface area contributed by atoms with Gasteiger partial charge in [-0.3, -0.25) is 9.59 Å². The number of fused-ring (bicyclic) bond motifs is 1. The van der Waals surface area contributed by atoms with E-state index in [1.807, 2.05) is 0 Å². The molecule has 9 heteroatoms. The van der Waals surface area contributed by atoms with E-state index in [-0.39, 0.29) is 17.7 Å². The van der Waals surface area contributed by atoms with Crippen LogP contribution in [0.1, 0.15) is 41.5 Å². The van der Waals surface area contributed by atoms with Crippen molar-refractivity contribution in [3.63, 3.8) is 0 Å². The zero-order valence-electron chi connectivity index (χ0n) is 14.9. The molecule has 3 amide bonds. The van der Waals surface area contributed by atoms with Crippen LogP contribution in [-0.4, -0.2) is 54.3 Å². The molecule has 26 heavy (non-hydrogen) atoms. The van der Waals surface area contributed by atoms with Crippen LogP contribution >= 0.6 is 0 Å². The van der Waals surface area contributed by atoms with E-state index in [1.54, 1.807) is 32.9 Å². The summed E-state index contributed by atoms with van der Waals surface area (Å²) in [5.74, 6) is -2.55. The molecular formula is C17H20N2O7. The summed E-state index contributed by atoms with van der Waals surface area (Å²) in [4.78, 5) is 53.5. The summed E-state index contributed by atoms with van der Waals surface area (Å²) in [5.41, 5.74) is -0.504. The molecule has 0 radical (unpaired) electrons. The van der Waals surface area contributed by atoms with Crippen LogP contribution in [0.4, 0.5) is 4.79 Å². The number of nitrogens with one attached hydrogen (secondary N) is 1. The number of alkyl carbamates (subject to hydrolysis) is 1. The van der Waals surface area contributed by atoms with Crippen molar-refractivity contribution >= 4 is 23.9 Å². The lowest BCUT2D eigenvalue weighted by Crippen LogP contribution is -2.49. The molecule has 0 fully saturated rings. The van der Waals surface area contributed by atoms with Gasteiger partial charge >= 0.3 is 12.1 Å². The Morgan fingerprint density at radius 1 is 1.12 bits per heavy atom. The van der Waals surface area contributed by atoms with Gasteiger partial charge in [0.05, 0.1) is 17.7 Å². The maximum absolute atomic E-state index is 12.3. The lowest BCUT2D eigenvalue weighted by atomic mass is 10.1. The van der Waals surface area contributed by atoms with Crippen LogP contribution in [0, 0.1) is 0 Å². The number of carbonyl (C=O) groups excluding carboxylic acids is 4. The Morgan fingerprint density at radius 2 is 1.65 bits per heavy atom. The molecule has 1 heterocycles. The zero-order valence-corrected chi connectivity index (χ0v) is 14.9. The number of amides is 3. The predicted molar refractivity (Wildman–Crippen MR) is 88.1 cm³/mol. The Labute approximate surface area is 150 Å². The third-order valence-corrected chi connectivity index (χ3v) is 3.25. The first-order chi connectivity index (χ1) is 12.1. The molecule has 1 aromatic carbocycles. The predicted octanol–water partition coefficient (Wildman–Crippen LogP) is 1.28. The molecule has 0 bridgehead atoms. The molecule has 0 saturated heterocycles. The molecule has 0 aromatic heterocycles. The number of hydroxylamine groups is 2. The topological polar surface area (TPSA) is 111 Å². The van der Waals surface area contributed by atoms with Crippen molar-refractivity contribution in [1.29, 1.82) is 0 Å². The number of methoxy groups -OCH3 is 1. The molecule has 1 N–H and O–H groups in total. The summed E-state index contributed by atoms with van der Waals surface area (Å²) in [5, 5.41) is 2.66.